The van der Waals surface area contributed by atoms with E-state index in [1.807, 2.05) is 19.1 Å². The molecular weight excluding hydrogens is 350 g/mol. The molecule has 112 valence electrons. The number of nitrogens with two attached hydrogens (primary N) is 1. The molecule has 0 fully saturated rings. The zero-order valence-electron chi connectivity index (χ0n) is 11.8. The summed E-state index contributed by atoms with van der Waals surface area (Å²) in [6, 6.07) is 8.34. The van der Waals surface area contributed by atoms with Gasteiger partial charge in [-0.25, -0.2) is 4.98 Å². The van der Waals surface area contributed by atoms with Gasteiger partial charge in [0.15, 0.2) is 0 Å². The first-order valence-corrected chi connectivity index (χ1v) is 8.45. The minimum atomic E-state index is -0.130. The third-order valence-electron chi connectivity index (χ3n) is 3.12. The van der Waals surface area contributed by atoms with Crippen LogP contribution in [0.2, 0.25) is 0 Å². The summed E-state index contributed by atoms with van der Waals surface area (Å²) in [7, 11) is 0. The van der Waals surface area contributed by atoms with Gasteiger partial charge in [0.25, 0.3) is 5.91 Å². The maximum Gasteiger partial charge on any atom is 0.270 e. The number of hydrogen-bond acceptors (Lipinski definition) is 4. The molecule has 2 rings (SSSR count). The predicted molar refractivity (Wildman–Crippen MR) is 89.4 cm³/mol. The van der Waals surface area contributed by atoms with Crippen LogP contribution in [0.25, 0.3) is 0 Å². The monoisotopic (exact) mass is 367 g/mol. The Bertz CT molecular complexity index is 597. The molecule has 21 heavy (non-hydrogen) atoms. The van der Waals surface area contributed by atoms with Gasteiger partial charge < -0.3 is 11.1 Å². The van der Waals surface area contributed by atoms with E-state index in [9.17, 15) is 4.79 Å². The summed E-state index contributed by atoms with van der Waals surface area (Å²) in [4.78, 5) is 16.2. The molecule has 0 aliphatic rings. The zero-order chi connectivity index (χ0) is 15.2. The highest BCUT2D eigenvalue weighted by Crippen LogP contribution is 2.13. The van der Waals surface area contributed by atoms with Crippen LogP contribution in [0.3, 0.4) is 0 Å². The lowest BCUT2D eigenvalue weighted by atomic mass is 10.1. The lowest BCUT2D eigenvalue weighted by Crippen LogP contribution is -2.33. The zero-order valence-corrected chi connectivity index (χ0v) is 14.2. The molecule has 1 aromatic carbocycles. The summed E-state index contributed by atoms with van der Waals surface area (Å²) in [6.45, 7) is 2.38. The molecule has 2 aromatic rings. The van der Waals surface area contributed by atoms with Crippen LogP contribution in [0.5, 0.6) is 0 Å². The van der Waals surface area contributed by atoms with E-state index in [0.29, 0.717) is 12.2 Å². The molecule has 1 atom stereocenters. The number of benzene rings is 1. The molecule has 0 spiro atoms. The molecule has 4 nitrogen and oxygen atoms in total. The van der Waals surface area contributed by atoms with E-state index in [2.05, 4.69) is 38.4 Å². The van der Waals surface area contributed by atoms with E-state index in [0.717, 1.165) is 22.3 Å². The molecule has 3 N–H and O–H groups in total. The van der Waals surface area contributed by atoms with Crippen molar-refractivity contribution in [3.8, 4) is 0 Å². The highest BCUT2D eigenvalue weighted by atomic mass is 79.9. The molecule has 0 bridgehead atoms. The number of aryl methyl sites for hydroxylation is 1. The second kappa shape index (κ2) is 7.68. The molecule has 0 radical (unpaired) electrons. The van der Waals surface area contributed by atoms with Crippen molar-refractivity contribution >= 4 is 33.2 Å². The molecule has 6 heteroatoms. The first-order chi connectivity index (χ1) is 10.1. The van der Waals surface area contributed by atoms with Crippen LogP contribution in [-0.4, -0.2) is 16.9 Å². The molecule has 1 aromatic heterocycles. The van der Waals surface area contributed by atoms with Crippen LogP contribution in [0.15, 0.2) is 34.1 Å². The van der Waals surface area contributed by atoms with Gasteiger partial charge in [0.2, 0.25) is 0 Å². The number of aromatic nitrogens is 1. The molecule has 0 saturated carbocycles. The average molecular weight is 368 g/mol. The quantitative estimate of drug-likeness (QED) is 0.823. The fraction of sp³-hybridized carbons (Fsp3) is 0.333. The number of thiazole rings is 1. The van der Waals surface area contributed by atoms with Gasteiger partial charge in [0, 0.05) is 22.4 Å². The normalized spacial score (nSPS) is 12.1. The minimum absolute atomic E-state index is 0.101. The van der Waals surface area contributed by atoms with Gasteiger partial charge in [-0.3, -0.25) is 4.79 Å². The Labute approximate surface area is 136 Å². The third kappa shape index (κ3) is 4.91. The van der Waals surface area contributed by atoms with Gasteiger partial charge in [-0.2, -0.15) is 0 Å². The fourth-order valence-corrected chi connectivity index (χ4v) is 2.83. The van der Waals surface area contributed by atoms with E-state index in [-0.39, 0.29) is 11.9 Å². The number of amides is 1. The molecule has 1 unspecified atom stereocenters. The van der Waals surface area contributed by atoms with Crippen LogP contribution in [0.1, 0.15) is 34.4 Å². The summed E-state index contributed by atoms with van der Waals surface area (Å²) >= 11 is 4.84. The highest BCUT2D eigenvalue weighted by Gasteiger charge is 2.13. The van der Waals surface area contributed by atoms with E-state index < -0.39 is 0 Å². The molecule has 1 amide bonds. The third-order valence-corrected chi connectivity index (χ3v) is 4.52. The van der Waals surface area contributed by atoms with Crippen molar-refractivity contribution in [3.63, 3.8) is 0 Å². The SMILES string of the molecule is CC(CCc1ccc(Br)cc1)NC(=O)c1csc(CN)n1. The largest absolute Gasteiger partial charge is 0.348 e. The molecule has 1 heterocycles. The average Bonchev–Trinajstić information content (AvgIpc) is 2.96. The number of nitrogens with one attached hydrogen (secondary N) is 1. The molecule has 0 aliphatic heterocycles. The minimum Gasteiger partial charge on any atom is -0.348 e. The fourth-order valence-electron chi connectivity index (χ4n) is 1.91. The second-order valence-corrected chi connectivity index (χ2v) is 6.73. The number of carbonyl (C=O) groups is 1. The van der Waals surface area contributed by atoms with E-state index >= 15 is 0 Å². The van der Waals surface area contributed by atoms with Crippen LogP contribution in [0.4, 0.5) is 0 Å². The number of nitrogens with zero attached hydrogens (tertiary/aromatic N) is 1. The summed E-state index contributed by atoms with van der Waals surface area (Å²) < 4.78 is 1.08. The van der Waals surface area contributed by atoms with Gasteiger partial charge in [-0.1, -0.05) is 28.1 Å². The van der Waals surface area contributed by atoms with Gasteiger partial charge in [-0.15, -0.1) is 11.3 Å². The Morgan fingerprint density at radius 2 is 2.14 bits per heavy atom. The number of halogens is 1. The van der Waals surface area contributed by atoms with Crippen molar-refractivity contribution < 1.29 is 4.79 Å². The van der Waals surface area contributed by atoms with E-state index in [4.69, 9.17) is 5.73 Å². The number of hydrogen-bond donors (Lipinski definition) is 2. The van der Waals surface area contributed by atoms with Crippen molar-refractivity contribution in [2.45, 2.75) is 32.4 Å². The topological polar surface area (TPSA) is 68.0 Å². The Hall–Kier alpha value is -1.24. The van der Waals surface area contributed by atoms with Gasteiger partial charge >= 0.3 is 0 Å². The first-order valence-electron chi connectivity index (χ1n) is 6.78. The number of rotatable bonds is 6. The number of carbonyl (C=O) groups excluding carboxylic acids is 1. The summed E-state index contributed by atoms with van der Waals surface area (Å²) in [5.74, 6) is -0.130. The Balaban J connectivity index is 1.82. The highest BCUT2D eigenvalue weighted by molar-refractivity contribution is 9.10. The van der Waals surface area contributed by atoms with Crippen LogP contribution >= 0.6 is 27.3 Å². The van der Waals surface area contributed by atoms with Gasteiger partial charge in [0.1, 0.15) is 10.7 Å². The maximum absolute atomic E-state index is 12.0. The predicted octanol–water partition coefficient (Wildman–Crippen LogP) is 3.12. The smallest absolute Gasteiger partial charge is 0.270 e. The van der Waals surface area contributed by atoms with Crippen LogP contribution in [-0.2, 0) is 13.0 Å². The Morgan fingerprint density at radius 1 is 1.43 bits per heavy atom. The van der Waals surface area contributed by atoms with E-state index in [1.165, 1.54) is 16.9 Å². The molecule has 0 aliphatic carbocycles. The van der Waals surface area contributed by atoms with Crippen molar-refractivity contribution in [2.75, 3.05) is 0 Å². The van der Waals surface area contributed by atoms with Crippen LogP contribution < -0.4 is 11.1 Å². The van der Waals surface area contributed by atoms with Crippen molar-refractivity contribution in [1.29, 1.82) is 0 Å². The maximum atomic E-state index is 12.0. The van der Waals surface area contributed by atoms with E-state index in [1.54, 1.807) is 5.38 Å². The van der Waals surface area contributed by atoms with Crippen molar-refractivity contribution in [1.82, 2.24) is 10.3 Å². The van der Waals surface area contributed by atoms with Crippen molar-refractivity contribution in [3.05, 3.63) is 50.4 Å². The Morgan fingerprint density at radius 3 is 2.76 bits per heavy atom. The van der Waals surface area contributed by atoms with Crippen molar-refractivity contribution in [2.24, 2.45) is 5.73 Å². The molecular formula is C15H18BrN3OS. The lowest BCUT2D eigenvalue weighted by molar-refractivity contribution is 0.0934. The standard InChI is InChI=1S/C15H18BrN3OS/c1-10(2-3-11-4-6-12(16)7-5-11)18-15(20)13-9-21-14(8-17)19-13/h4-7,9-10H,2-3,8,17H2,1H3,(H,18,20). The summed E-state index contributed by atoms with van der Waals surface area (Å²) in [5.41, 5.74) is 7.22. The Kier molecular flexibility index (Phi) is 5.90. The summed E-state index contributed by atoms with van der Waals surface area (Å²) in [6.07, 6.45) is 1.82. The summed E-state index contributed by atoms with van der Waals surface area (Å²) in [5, 5.41) is 5.50. The molecule has 0 saturated heterocycles. The first kappa shape index (κ1) is 16.1. The van der Waals surface area contributed by atoms with Crippen LogP contribution in [0, 0.1) is 0 Å². The van der Waals surface area contributed by atoms with Gasteiger partial charge in [0.05, 0.1) is 0 Å². The second-order valence-electron chi connectivity index (χ2n) is 4.87. The van der Waals surface area contributed by atoms with Gasteiger partial charge in [-0.05, 0) is 37.5 Å². The lowest BCUT2D eigenvalue weighted by Gasteiger charge is -2.13.